The smallest absolute Gasteiger partial charge is 0.101 e. The highest BCUT2D eigenvalue weighted by Gasteiger charge is 2.13. The lowest BCUT2D eigenvalue weighted by Crippen LogP contribution is -2.26. The summed E-state index contributed by atoms with van der Waals surface area (Å²) < 4.78 is 5.42. The zero-order chi connectivity index (χ0) is 9.40. The molecule has 0 aromatic heterocycles. The zero-order valence-electron chi connectivity index (χ0n) is 8.12. The van der Waals surface area contributed by atoms with Gasteiger partial charge in [-0.05, 0) is 12.8 Å². The molecule has 1 N–H and O–H groups in total. The van der Waals surface area contributed by atoms with Gasteiger partial charge in [-0.1, -0.05) is 26.3 Å². The van der Waals surface area contributed by atoms with Gasteiger partial charge in [-0.3, -0.25) is 0 Å². The molecule has 12 heavy (non-hydrogen) atoms. The molecule has 0 unspecified atom stereocenters. The third kappa shape index (κ3) is 4.52. The standard InChI is InChI=1S/C10H20O2/c1-4-7-8-12-10(6-3)9(11)5-2/h6,9-11H,3-5,7-8H2,1-2H3/t9-,10+/m1/s1. The summed E-state index contributed by atoms with van der Waals surface area (Å²) in [4.78, 5) is 0. The summed E-state index contributed by atoms with van der Waals surface area (Å²) in [6.07, 6.45) is 3.94. The van der Waals surface area contributed by atoms with Gasteiger partial charge in [0.1, 0.15) is 6.10 Å². The fourth-order valence-electron chi connectivity index (χ4n) is 0.932. The minimum absolute atomic E-state index is 0.193. The summed E-state index contributed by atoms with van der Waals surface area (Å²) in [6, 6.07) is 0. The van der Waals surface area contributed by atoms with E-state index in [4.69, 9.17) is 4.74 Å². The average Bonchev–Trinajstić information content (AvgIpc) is 2.11. The topological polar surface area (TPSA) is 29.5 Å². The van der Waals surface area contributed by atoms with Crippen LogP contribution in [0.1, 0.15) is 33.1 Å². The van der Waals surface area contributed by atoms with Gasteiger partial charge in [0, 0.05) is 6.61 Å². The number of unbranched alkanes of at least 4 members (excludes halogenated alkanes) is 1. The van der Waals surface area contributed by atoms with Gasteiger partial charge in [0.2, 0.25) is 0 Å². The molecule has 0 heterocycles. The summed E-state index contributed by atoms with van der Waals surface area (Å²) >= 11 is 0. The van der Waals surface area contributed by atoms with Crippen LogP contribution in [-0.2, 0) is 4.74 Å². The van der Waals surface area contributed by atoms with Crippen molar-refractivity contribution >= 4 is 0 Å². The van der Waals surface area contributed by atoms with E-state index in [0.717, 1.165) is 12.8 Å². The molecular formula is C10H20O2. The van der Waals surface area contributed by atoms with Crippen molar-refractivity contribution in [2.75, 3.05) is 6.61 Å². The molecular weight excluding hydrogens is 152 g/mol. The Hall–Kier alpha value is -0.340. The van der Waals surface area contributed by atoms with Crippen molar-refractivity contribution < 1.29 is 9.84 Å². The van der Waals surface area contributed by atoms with Gasteiger partial charge in [-0.15, -0.1) is 6.58 Å². The Morgan fingerprint density at radius 3 is 2.58 bits per heavy atom. The first kappa shape index (κ1) is 11.7. The van der Waals surface area contributed by atoms with Crippen molar-refractivity contribution in [3.8, 4) is 0 Å². The van der Waals surface area contributed by atoms with Crippen LogP contribution < -0.4 is 0 Å². The first-order valence-electron chi connectivity index (χ1n) is 4.68. The van der Waals surface area contributed by atoms with E-state index in [1.165, 1.54) is 0 Å². The van der Waals surface area contributed by atoms with Gasteiger partial charge in [0.25, 0.3) is 0 Å². The molecule has 0 aromatic rings. The Morgan fingerprint density at radius 2 is 2.17 bits per heavy atom. The molecule has 72 valence electrons. The Morgan fingerprint density at radius 1 is 1.50 bits per heavy atom. The van der Waals surface area contributed by atoms with Gasteiger partial charge in [0.05, 0.1) is 6.10 Å². The van der Waals surface area contributed by atoms with E-state index in [1.807, 2.05) is 6.92 Å². The predicted molar refractivity (Wildman–Crippen MR) is 51.1 cm³/mol. The maximum absolute atomic E-state index is 9.42. The number of hydrogen-bond acceptors (Lipinski definition) is 2. The maximum Gasteiger partial charge on any atom is 0.101 e. The number of aliphatic hydroxyl groups is 1. The van der Waals surface area contributed by atoms with Crippen molar-refractivity contribution in [2.24, 2.45) is 0 Å². The quantitative estimate of drug-likeness (QED) is 0.471. The fourth-order valence-corrected chi connectivity index (χ4v) is 0.932. The molecule has 2 heteroatoms. The summed E-state index contributed by atoms with van der Waals surface area (Å²) in [5.74, 6) is 0. The van der Waals surface area contributed by atoms with Gasteiger partial charge in [-0.25, -0.2) is 0 Å². The van der Waals surface area contributed by atoms with Crippen LogP contribution in [0, 0.1) is 0 Å². The molecule has 0 aliphatic rings. The third-order valence-corrected chi connectivity index (χ3v) is 1.84. The summed E-state index contributed by atoms with van der Waals surface area (Å²) in [6.45, 7) is 8.38. The second-order valence-corrected chi connectivity index (χ2v) is 2.90. The Kier molecular flexibility index (Phi) is 7.11. The molecule has 2 atom stereocenters. The van der Waals surface area contributed by atoms with Crippen molar-refractivity contribution in [1.82, 2.24) is 0 Å². The highest BCUT2D eigenvalue weighted by Crippen LogP contribution is 2.05. The van der Waals surface area contributed by atoms with Crippen molar-refractivity contribution in [3.63, 3.8) is 0 Å². The zero-order valence-corrected chi connectivity index (χ0v) is 8.12. The lowest BCUT2D eigenvalue weighted by atomic mass is 10.1. The second kappa shape index (κ2) is 7.32. The SMILES string of the molecule is C=C[C@H](OCCCC)[C@H](O)CC. The molecule has 0 aliphatic heterocycles. The van der Waals surface area contributed by atoms with Crippen LogP contribution in [0.25, 0.3) is 0 Å². The average molecular weight is 172 g/mol. The van der Waals surface area contributed by atoms with Crippen molar-refractivity contribution in [1.29, 1.82) is 0 Å². The lowest BCUT2D eigenvalue weighted by molar-refractivity contribution is -0.0119. The molecule has 0 amide bonds. The molecule has 0 bridgehead atoms. The van der Waals surface area contributed by atoms with Crippen LogP contribution in [0.4, 0.5) is 0 Å². The highest BCUT2D eigenvalue weighted by molar-refractivity contribution is 4.85. The molecule has 0 rings (SSSR count). The van der Waals surface area contributed by atoms with E-state index in [1.54, 1.807) is 6.08 Å². The second-order valence-electron chi connectivity index (χ2n) is 2.90. The molecule has 0 fully saturated rings. The normalized spacial score (nSPS) is 15.6. The van der Waals surface area contributed by atoms with E-state index >= 15 is 0 Å². The molecule has 0 saturated heterocycles. The van der Waals surface area contributed by atoms with E-state index in [-0.39, 0.29) is 6.10 Å². The van der Waals surface area contributed by atoms with Crippen molar-refractivity contribution in [3.05, 3.63) is 12.7 Å². The lowest BCUT2D eigenvalue weighted by Gasteiger charge is -2.18. The minimum atomic E-state index is -0.403. The van der Waals surface area contributed by atoms with E-state index in [2.05, 4.69) is 13.5 Å². The molecule has 0 saturated carbocycles. The molecule has 0 spiro atoms. The predicted octanol–water partition coefficient (Wildman–Crippen LogP) is 2.13. The largest absolute Gasteiger partial charge is 0.390 e. The van der Waals surface area contributed by atoms with Gasteiger partial charge >= 0.3 is 0 Å². The monoisotopic (exact) mass is 172 g/mol. The highest BCUT2D eigenvalue weighted by atomic mass is 16.5. The number of hydrogen-bond donors (Lipinski definition) is 1. The Bertz CT molecular complexity index is 112. The number of aliphatic hydroxyl groups excluding tert-OH is 1. The van der Waals surface area contributed by atoms with E-state index in [9.17, 15) is 5.11 Å². The van der Waals surface area contributed by atoms with Crippen LogP contribution in [-0.4, -0.2) is 23.9 Å². The van der Waals surface area contributed by atoms with Crippen LogP contribution in [0.5, 0.6) is 0 Å². The number of ether oxygens (including phenoxy) is 1. The first-order valence-corrected chi connectivity index (χ1v) is 4.68. The fraction of sp³-hybridized carbons (Fsp3) is 0.800. The van der Waals surface area contributed by atoms with E-state index in [0.29, 0.717) is 13.0 Å². The summed E-state index contributed by atoms with van der Waals surface area (Å²) in [5, 5.41) is 9.42. The molecule has 0 aliphatic carbocycles. The van der Waals surface area contributed by atoms with Crippen LogP contribution in [0.2, 0.25) is 0 Å². The molecule has 2 nitrogen and oxygen atoms in total. The van der Waals surface area contributed by atoms with Crippen molar-refractivity contribution in [2.45, 2.75) is 45.3 Å². The van der Waals surface area contributed by atoms with Crippen LogP contribution >= 0.6 is 0 Å². The Balaban J connectivity index is 3.59. The van der Waals surface area contributed by atoms with Gasteiger partial charge in [0.15, 0.2) is 0 Å². The first-order chi connectivity index (χ1) is 5.76. The van der Waals surface area contributed by atoms with Crippen LogP contribution in [0.3, 0.4) is 0 Å². The maximum atomic E-state index is 9.42. The number of rotatable bonds is 7. The van der Waals surface area contributed by atoms with E-state index < -0.39 is 6.10 Å². The minimum Gasteiger partial charge on any atom is -0.390 e. The van der Waals surface area contributed by atoms with Gasteiger partial charge in [-0.2, -0.15) is 0 Å². The molecule has 0 radical (unpaired) electrons. The Labute approximate surface area is 75.2 Å². The summed E-state index contributed by atoms with van der Waals surface area (Å²) in [7, 11) is 0. The molecule has 0 aromatic carbocycles. The summed E-state index contributed by atoms with van der Waals surface area (Å²) in [5.41, 5.74) is 0. The van der Waals surface area contributed by atoms with Gasteiger partial charge < -0.3 is 9.84 Å². The van der Waals surface area contributed by atoms with Crippen LogP contribution in [0.15, 0.2) is 12.7 Å². The third-order valence-electron chi connectivity index (χ3n) is 1.84.